The van der Waals surface area contributed by atoms with Crippen LogP contribution in [0.1, 0.15) is 20.8 Å². The van der Waals surface area contributed by atoms with E-state index < -0.39 is 17.4 Å². The molecule has 4 nitrogen and oxygen atoms in total. The Bertz CT molecular complexity index is 286. The van der Waals surface area contributed by atoms with Crippen molar-refractivity contribution in [2.45, 2.75) is 20.8 Å². The van der Waals surface area contributed by atoms with E-state index in [1.165, 1.54) is 6.08 Å². The third kappa shape index (κ3) is 2.51. The van der Waals surface area contributed by atoms with Crippen LogP contribution in [0.25, 0.3) is 0 Å². The molecule has 0 aliphatic rings. The molecule has 0 N–H and O–H groups in total. The Hall–Kier alpha value is -1.58. The molecule has 0 amide bonds. The summed E-state index contributed by atoms with van der Waals surface area (Å²) < 4.78 is 9.71. The Balaban J connectivity index is 5.31. The fourth-order valence-electron chi connectivity index (χ4n) is 1.26. The van der Waals surface area contributed by atoms with Crippen molar-refractivity contribution in [2.24, 2.45) is 5.41 Å². The summed E-state index contributed by atoms with van der Waals surface area (Å²) in [5, 5.41) is 0. The van der Waals surface area contributed by atoms with Crippen LogP contribution in [0, 0.1) is 5.41 Å². The number of ether oxygens (including phenoxy) is 2. The molecule has 0 unspecified atom stereocenters. The number of carbonyl (C=O) groups excluding carboxylic acids is 2. The molecule has 0 spiro atoms. The molecular weight excluding hydrogens is 208 g/mol. The zero-order chi connectivity index (χ0) is 12.8. The van der Waals surface area contributed by atoms with E-state index in [-0.39, 0.29) is 13.2 Å². The second kappa shape index (κ2) is 6.10. The average Bonchev–Trinajstić information content (AvgIpc) is 2.19. The van der Waals surface area contributed by atoms with Crippen LogP contribution >= 0.6 is 0 Å². The fourth-order valence-corrected chi connectivity index (χ4v) is 1.26. The molecule has 0 saturated carbocycles. The van der Waals surface area contributed by atoms with Gasteiger partial charge in [0.2, 0.25) is 5.41 Å². The molecule has 90 valence electrons. The van der Waals surface area contributed by atoms with Crippen molar-refractivity contribution >= 4 is 11.9 Å². The molecule has 0 atom stereocenters. The van der Waals surface area contributed by atoms with Crippen molar-refractivity contribution < 1.29 is 19.1 Å². The van der Waals surface area contributed by atoms with Gasteiger partial charge in [-0.25, -0.2) is 0 Å². The number of hydrogen-bond acceptors (Lipinski definition) is 4. The van der Waals surface area contributed by atoms with Gasteiger partial charge in [0.05, 0.1) is 13.2 Å². The summed E-state index contributed by atoms with van der Waals surface area (Å²) in [4.78, 5) is 23.6. The lowest BCUT2D eigenvalue weighted by atomic mass is 9.81. The first-order valence-corrected chi connectivity index (χ1v) is 5.11. The Morgan fingerprint density at radius 1 is 1.19 bits per heavy atom. The van der Waals surface area contributed by atoms with Gasteiger partial charge in [0.25, 0.3) is 0 Å². The van der Waals surface area contributed by atoms with E-state index in [1.807, 2.05) is 0 Å². The summed E-state index contributed by atoms with van der Waals surface area (Å²) in [6, 6.07) is 0. The van der Waals surface area contributed by atoms with Crippen LogP contribution in [0.5, 0.6) is 0 Å². The van der Waals surface area contributed by atoms with E-state index in [9.17, 15) is 9.59 Å². The van der Waals surface area contributed by atoms with Crippen LogP contribution in [0.2, 0.25) is 0 Å². The van der Waals surface area contributed by atoms with Gasteiger partial charge in [-0.1, -0.05) is 12.7 Å². The largest absolute Gasteiger partial charge is 0.465 e. The molecule has 0 aromatic carbocycles. The molecule has 0 saturated heterocycles. The maximum absolute atomic E-state index is 11.8. The van der Waals surface area contributed by atoms with Crippen molar-refractivity contribution in [1.29, 1.82) is 0 Å². The molecule has 0 bridgehead atoms. The first kappa shape index (κ1) is 14.4. The van der Waals surface area contributed by atoms with Crippen LogP contribution in [0.15, 0.2) is 24.8 Å². The SMILES string of the molecule is C=CC(C(=C)C)(C(=O)OCC)C(=O)OCC. The predicted molar refractivity (Wildman–Crippen MR) is 60.7 cm³/mol. The summed E-state index contributed by atoms with van der Waals surface area (Å²) in [5.74, 6) is -1.40. The van der Waals surface area contributed by atoms with Crippen molar-refractivity contribution in [3.05, 3.63) is 24.8 Å². The first-order valence-electron chi connectivity index (χ1n) is 5.11. The Morgan fingerprint density at radius 3 is 1.75 bits per heavy atom. The van der Waals surface area contributed by atoms with Gasteiger partial charge >= 0.3 is 11.9 Å². The third-order valence-corrected chi connectivity index (χ3v) is 2.17. The monoisotopic (exact) mass is 226 g/mol. The minimum atomic E-state index is -1.59. The molecule has 0 aromatic rings. The normalized spacial score (nSPS) is 10.4. The topological polar surface area (TPSA) is 52.6 Å². The molecule has 16 heavy (non-hydrogen) atoms. The smallest absolute Gasteiger partial charge is 0.331 e. The Kier molecular flexibility index (Phi) is 5.50. The number of carbonyl (C=O) groups is 2. The molecule has 0 aliphatic carbocycles. The summed E-state index contributed by atoms with van der Waals surface area (Å²) in [7, 11) is 0. The minimum Gasteiger partial charge on any atom is -0.465 e. The number of rotatable bonds is 6. The van der Waals surface area contributed by atoms with Crippen molar-refractivity contribution in [3.63, 3.8) is 0 Å². The van der Waals surface area contributed by atoms with Crippen LogP contribution in [-0.2, 0) is 19.1 Å². The van der Waals surface area contributed by atoms with Crippen LogP contribution in [0.4, 0.5) is 0 Å². The van der Waals surface area contributed by atoms with Gasteiger partial charge in [-0.05, 0) is 26.3 Å². The van der Waals surface area contributed by atoms with Crippen molar-refractivity contribution in [1.82, 2.24) is 0 Å². The van der Waals surface area contributed by atoms with E-state index in [0.29, 0.717) is 5.57 Å². The van der Waals surface area contributed by atoms with Gasteiger partial charge in [0, 0.05) is 0 Å². The Morgan fingerprint density at radius 2 is 1.56 bits per heavy atom. The van der Waals surface area contributed by atoms with Gasteiger partial charge in [-0.3, -0.25) is 9.59 Å². The minimum absolute atomic E-state index is 0.182. The lowest BCUT2D eigenvalue weighted by Crippen LogP contribution is -2.41. The van der Waals surface area contributed by atoms with Gasteiger partial charge in [-0.15, -0.1) is 6.58 Å². The van der Waals surface area contributed by atoms with Gasteiger partial charge in [0.1, 0.15) is 0 Å². The van der Waals surface area contributed by atoms with Crippen molar-refractivity contribution in [2.75, 3.05) is 13.2 Å². The molecule has 0 aliphatic heterocycles. The average molecular weight is 226 g/mol. The van der Waals surface area contributed by atoms with Crippen LogP contribution in [-0.4, -0.2) is 25.2 Å². The maximum Gasteiger partial charge on any atom is 0.331 e. The highest BCUT2D eigenvalue weighted by molar-refractivity contribution is 6.05. The number of esters is 2. The second-order valence-corrected chi connectivity index (χ2v) is 3.23. The van der Waals surface area contributed by atoms with Crippen molar-refractivity contribution in [3.8, 4) is 0 Å². The third-order valence-electron chi connectivity index (χ3n) is 2.17. The fraction of sp³-hybridized carbons (Fsp3) is 0.500. The molecule has 0 aromatic heterocycles. The molecular formula is C12H18O4. The van der Waals surface area contributed by atoms with E-state index in [1.54, 1.807) is 20.8 Å². The zero-order valence-electron chi connectivity index (χ0n) is 10.0. The summed E-state index contributed by atoms with van der Waals surface area (Å²) in [5.41, 5.74) is -1.26. The van der Waals surface area contributed by atoms with E-state index >= 15 is 0 Å². The highest BCUT2D eigenvalue weighted by Gasteiger charge is 2.47. The summed E-state index contributed by atoms with van der Waals surface area (Å²) in [6.45, 7) is 12.4. The van der Waals surface area contributed by atoms with Gasteiger partial charge < -0.3 is 9.47 Å². The van der Waals surface area contributed by atoms with E-state index in [4.69, 9.17) is 9.47 Å². The summed E-state index contributed by atoms with van der Waals surface area (Å²) >= 11 is 0. The standard InChI is InChI=1S/C12H18O4/c1-6-12(9(4)5,10(13)15-7-2)11(14)16-8-3/h6H,1,4,7-8H2,2-3,5H3. The quantitative estimate of drug-likeness (QED) is 0.394. The molecule has 0 fully saturated rings. The predicted octanol–water partition coefficient (Wildman–Crippen LogP) is 1.86. The Labute approximate surface area is 95.9 Å². The molecule has 4 heteroatoms. The van der Waals surface area contributed by atoms with Gasteiger partial charge in [-0.2, -0.15) is 0 Å². The first-order chi connectivity index (χ1) is 7.47. The van der Waals surface area contributed by atoms with Crippen LogP contribution < -0.4 is 0 Å². The lowest BCUT2D eigenvalue weighted by molar-refractivity contribution is -0.165. The van der Waals surface area contributed by atoms with Gasteiger partial charge in [0.15, 0.2) is 0 Å². The molecule has 0 rings (SSSR count). The summed E-state index contributed by atoms with van der Waals surface area (Å²) in [6.07, 6.45) is 1.21. The van der Waals surface area contributed by atoms with E-state index in [2.05, 4.69) is 13.2 Å². The van der Waals surface area contributed by atoms with Crippen LogP contribution in [0.3, 0.4) is 0 Å². The molecule has 0 radical (unpaired) electrons. The highest BCUT2D eigenvalue weighted by Crippen LogP contribution is 2.31. The number of hydrogen-bond donors (Lipinski definition) is 0. The lowest BCUT2D eigenvalue weighted by Gasteiger charge is -2.25. The zero-order valence-corrected chi connectivity index (χ0v) is 10.0. The highest BCUT2D eigenvalue weighted by atomic mass is 16.6. The maximum atomic E-state index is 11.8. The molecule has 0 heterocycles. The second-order valence-electron chi connectivity index (χ2n) is 3.23. The van der Waals surface area contributed by atoms with E-state index in [0.717, 1.165) is 0 Å².